The average molecular weight is 249 g/mol. The van der Waals surface area contributed by atoms with Crippen molar-refractivity contribution in [3.05, 3.63) is 35.4 Å². The van der Waals surface area contributed by atoms with Gasteiger partial charge in [0.25, 0.3) is 0 Å². The highest BCUT2D eigenvalue weighted by atomic mass is 16.5. The van der Waals surface area contributed by atoms with Gasteiger partial charge in [0.1, 0.15) is 5.76 Å². The van der Waals surface area contributed by atoms with Crippen LogP contribution in [0.25, 0.3) is 0 Å². The third-order valence-electron chi connectivity index (χ3n) is 3.04. The third kappa shape index (κ3) is 2.41. The Morgan fingerprint density at radius 2 is 2.33 bits per heavy atom. The summed E-state index contributed by atoms with van der Waals surface area (Å²) in [5, 5.41) is 7.75. The number of furan rings is 1. The highest BCUT2D eigenvalue weighted by molar-refractivity contribution is 5.30. The highest BCUT2D eigenvalue weighted by Crippen LogP contribution is 2.22. The average Bonchev–Trinajstić information content (AvgIpc) is 2.94. The molecule has 0 aromatic carbocycles. The van der Waals surface area contributed by atoms with Crippen LogP contribution in [0.3, 0.4) is 0 Å². The summed E-state index contributed by atoms with van der Waals surface area (Å²) in [6.07, 6.45) is 1.68. The zero-order valence-electron chi connectivity index (χ0n) is 11.2. The topological polar surface area (TPSA) is 52.2 Å². The number of hydrogen-bond acceptors (Lipinski definition) is 4. The number of methoxy groups -OCH3 is 1. The van der Waals surface area contributed by atoms with Gasteiger partial charge in [-0.15, -0.1) is 0 Å². The van der Waals surface area contributed by atoms with E-state index in [1.807, 2.05) is 26.1 Å². The second-order valence-electron chi connectivity index (χ2n) is 4.31. The molecule has 0 fully saturated rings. The Bertz CT molecular complexity index is 503. The Balaban J connectivity index is 2.06. The lowest BCUT2D eigenvalue weighted by atomic mass is 10.2. The van der Waals surface area contributed by atoms with Crippen molar-refractivity contribution in [1.82, 2.24) is 15.1 Å². The molecule has 0 saturated heterocycles. The van der Waals surface area contributed by atoms with Gasteiger partial charge in [0.15, 0.2) is 0 Å². The first-order valence-corrected chi connectivity index (χ1v) is 5.96. The van der Waals surface area contributed by atoms with Crippen LogP contribution in [0.5, 0.6) is 5.88 Å². The van der Waals surface area contributed by atoms with Crippen LogP contribution < -0.4 is 10.1 Å². The number of nitrogens with zero attached hydrogens (tertiary/aromatic N) is 2. The number of hydrogen-bond donors (Lipinski definition) is 1. The van der Waals surface area contributed by atoms with Crippen molar-refractivity contribution < 1.29 is 9.15 Å². The third-order valence-corrected chi connectivity index (χ3v) is 3.04. The molecule has 0 bridgehead atoms. The summed E-state index contributed by atoms with van der Waals surface area (Å²) in [6, 6.07) is 4.01. The van der Waals surface area contributed by atoms with Gasteiger partial charge in [-0.1, -0.05) is 0 Å². The number of nitrogens with one attached hydrogen (secondary N) is 1. The van der Waals surface area contributed by atoms with Gasteiger partial charge >= 0.3 is 0 Å². The molecule has 0 aliphatic rings. The van der Waals surface area contributed by atoms with Crippen molar-refractivity contribution in [2.75, 3.05) is 7.11 Å². The van der Waals surface area contributed by atoms with E-state index in [2.05, 4.69) is 17.3 Å². The van der Waals surface area contributed by atoms with Crippen LogP contribution in [-0.4, -0.2) is 16.9 Å². The molecule has 2 aromatic rings. The summed E-state index contributed by atoms with van der Waals surface area (Å²) < 4.78 is 12.5. The Kier molecular flexibility index (Phi) is 3.72. The van der Waals surface area contributed by atoms with Crippen LogP contribution in [0.15, 0.2) is 22.8 Å². The fraction of sp³-hybridized carbons (Fsp3) is 0.462. The summed E-state index contributed by atoms with van der Waals surface area (Å²) in [6.45, 7) is 4.75. The van der Waals surface area contributed by atoms with E-state index in [-0.39, 0.29) is 6.04 Å². The molecule has 2 aromatic heterocycles. The second kappa shape index (κ2) is 5.27. The molecule has 0 saturated carbocycles. The van der Waals surface area contributed by atoms with Gasteiger partial charge in [-0.25, -0.2) is 4.68 Å². The first-order chi connectivity index (χ1) is 8.63. The first kappa shape index (κ1) is 12.7. The van der Waals surface area contributed by atoms with Crippen molar-refractivity contribution in [3.63, 3.8) is 0 Å². The number of aromatic nitrogens is 2. The minimum atomic E-state index is 0.157. The van der Waals surface area contributed by atoms with E-state index in [0.717, 1.165) is 22.9 Å². The molecule has 0 radical (unpaired) electrons. The van der Waals surface area contributed by atoms with E-state index in [0.29, 0.717) is 6.54 Å². The SMILES string of the molecule is COc1c(CNC(C)c2ccco2)c(C)nn1C. The maximum absolute atomic E-state index is 5.36. The van der Waals surface area contributed by atoms with Gasteiger partial charge in [-0.2, -0.15) is 5.10 Å². The molecular formula is C13H19N3O2. The quantitative estimate of drug-likeness (QED) is 0.882. The lowest BCUT2D eigenvalue weighted by Gasteiger charge is -2.11. The lowest BCUT2D eigenvalue weighted by Crippen LogP contribution is -2.18. The second-order valence-corrected chi connectivity index (χ2v) is 4.31. The van der Waals surface area contributed by atoms with Crippen molar-refractivity contribution in [2.24, 2.45) is 7.05 Å². The molecule has 1 unspecified atom stereocenters. The Morgan fingerprint density at radius 3 is 2.94 bits per heavy atom. The van der Waals surface area contributed by atoms with Crippen molar-refractivity contribution >= 4 is 0 Å². The van der Waals surface area contributed by atoms with Crippen LogP contribution >= 0.6 is 0 Å². The molecule has 2 rings (SSSR count). The van der Waals surface area contributed by atoms with Gasteiger partial charge in [-0.05, 0) is 26.0 Å². The summed E-state index contributed by atoms with van der Waals surface area (Å²) in [7, 11) is 3.54. The van der Waals surface area contributed by atoms with E-state index in [1.165, 1.54) is 0 Å². The molecule has 1 atom stereocenters. The standard InChI is InChI=1S/C13H19N3O2/c1-9-11(13(17-4)16(3)15-9)8-14-10(2)12-6-5-7-18-12/h5-7,10,14H,8H2,1-4H3. The molecule has 0 spiro atoms. The number of ether oxygens (including phenoxy) is 1. The minimum absolute atomic E-state index is 0.157. The first-order valence-electron chi connectivity index (χ1n) is 5.96. The molecule has 0 aliphatic heterocycles. The minimum Gasteiger partial charge on any atom is -0.481 e. The zero-order chi connectivity index (χ0) is 13.1. The molecule has 1 N–H and O–H groups in total. The normalized spacial score (nSPS) is 12.7. The highest BCUT2D eigenvalue weighted by Gasteiger charge is 2.15. The van der Waals surface area contributed by atoms with Gasteiger partial charge in [0, 0.05) is 13.6 Å². The molecule has 2 heterocycles. The van der Waals surface area contributed by atoms with E-state index >= 15 is 0 Å². The van der Waals surface area contributed by atoms with Crippen LogP contribution in [0.1, 0.15) is 30.0 Å². The molecule has 0 aliphatic carbocycles. The molecule has 18 heavy (non-hydrogen) atoms. The van der Waals surface area contributed by atoms with Gasteiger partial charge in [0.2, 0.25) is 5.88 Å². The van der Waals surface area contributed by atoms with E-state index in [9.17, 15) is 0 Å². The molecular weight excluding hydrogens is 230 g/mol. The van der Waals surface area contributed by atoms with Crippen LogP contribution in [0, 0.1) is 6.92 Å². The molecule has 0 amide bonds. The predicted molar refractivity (Wildman–Crippen MR) is 68.5 cm³/mol. The monoisotopic (exact) mass is 249 g/mol. The maximum Gasteiger partial charge on any atom is 0.216 e. The van der Waals surface area contributed by atoms with Gasteiger partial charge in [-0.3, -0.25) is 0 Å². The fourth-order valence-electron chi connectivity index (χ4n) is 2.03. The molecule has 5 nitrogen and oxygen atoms in total. The Hall–Kier alpha value is -1.75. The molecule has 98 valence electrons. The predicted octanol–water partition coefficient (Wildman–Crippen LogP) is 2.18. The van der Waals surface area contributed by atoms with Gasteiger partial charge in [0.05, 0.1) is 30.7 Å². The van der Waals surface area contributed by atoms with E-state index < -0.39 is 0 Å². The molecule has 5 heteroatoms. The van der Waals surface area contributed by atoms with Crippen LogP contribution in [0.2, 0.25) is 0 Å². The number of aryl methyl sites for hydroxylation is 2. The summed E-state index contributed by atoms with van der Waals surface area (Å²) in [5.41, 5.74) is 2.06. The van der Waals surface area contributed by atoms with Crippen molar-refractivity contribution in [1.29, 1.82) is 0 Å². The van der Waals surface area contributed by atoms with E-state index in [4.69, 9.17) is 9.15 Å². The maximum atomic E-state index is 5.36. The fourth-order valence-corrected chi connectivity index (χ4v) is 2.03. The largest absolute Gasteiger partial charge is 0.481 e. The smallest absolute Gasteiger partial charge is 0.216 e. The lowest BCUT2D eigenvalue weighted by molar-refractivity contribution is 0.365. The summed E-state index contributed by atoms with van der Waals surface area (Å²) in [5.74, 6) is 1.72. The number of rotatable bonds is 5. The van der Waals surface area contributed by atoms with E-state index in [1.54, 1.807) is 18.1 Å². The Morgan fingerprint density at radius 1 is 1.56 bits per heavy atom. The van der Waals surface area contributed by atoms with Crippen LogP contribution in [-0.2, 0) is 13.6 Å². The Labute approximate surface area is 107 Å². The summed E-state index contributed by atoms with van der Waals surface area (Å²) in [4.78, 5) is 0. The van der Waals surface area contributed by atoms with Crippen molar-refractivity contribution in [3.8, 4) is 5.88 Å². The van der Waals surface area contributed by atoms with Gasteiger partial charge < -0.3 is 14.5 Å². The van der Waals surface area contributed by atoms with Crippen LogP contribution in [0.4, 0.5) is 0 Å². The summed E-state index contributed by atoms with van der Waals surface area (Å²) >= 11 is 0. The van der Waals surface area contributed by atoms with Crippen molar-refractivity contribution in [2.45, 2.75) is 26.4 Å². The zero-order valence-corrected chi connectivity index (χ0v) is 11.2.